The van der Waals surface area contributed by atoms with Crippen molar-refractivity contribution in [1.29, 1.82) is 0 Å². The number of aromatic nitrogens is 3. The molecule has 0 radical (unpaired) electrons. The average molecular weight is 492 g/mol. The van der Waals surface area contributed by atoms with Crippen molar-refractivity contribution in [3.05, 3.63) is 38.9 Å². The maximum absolute atomic E-state index is 14.0. The molecule has 1 atom stereocenters. The number of thioether (sulfide) groups is 1. The van der Waals surface area contributed by atoms with Gasteiger partial charge in [0.1, 0.15) is 11.5 Å². The van der Waals surface area contributed by atoms with Crippen molar-refractivity contribution in [2.45, 2.75) is 76.5 Å². The molecule has 2 fully saturated rings. The van der Waals surface area contributed by atoms with E-state index in [9.17, 15) is 18.8 Å². The van der Waals surface area contributed by atoms with E-state index < -0.39 is 11.4 Å². The summed E-state index contributed by atoms with van der Waals surface area (Å²) in [6, 6.07) is 0.612. The number of rotatable bonds is 6. The standard InChI is InChI=1S/C24H34FN5O3S/c1-14(2)20(26-3)22(31)28-16-4-6-17(7-5-16)30-23(32)19-12-15(25)13-27-21(19)29(24(30)33)18-8-10-34-11-9-18/h12-14,16-18,20,26H,4-11H2,1-3H3,(H,28,31)/t16?,17?,20-/m0/s1. The molecule has 2 aliphatic rings. The molecule has 2 aromatic rings. The predicted molar refractivity (Wildman–Crippen MR) is 133 cm³/mol. The highest BCUT2D eigenvalue weighted by Crippen LogP contribution is 2.30. The van der Waals surface area contributed by atoms with Gasteiger partial charge in [0.2, 0.25) is 5.91 Å². The molecule has 0 bridgehead atoms. The van der Waals surface area contributed by atoms with Gasteiger partial charge in [0, 0.05) is 18.1 Å². The Morgan fingerprint density at radius 3 is 2.35 bits per heavy atom. The van der Waals surface area contributed by atoms with E-state index in [0.717, 1.165) is 30.5 Å². The van der Waals surface area contributed by atoms with E-state index in [1.807, 2.05) is 25.6 Å². The van der Waals surface area contributed by atoms with Gasteiger partial charge in [-0.1, -0.05) is 13.8 Å². The van der Waals surface area contributed by atoms with E-state index in [1.165, 1.54) is 10.6 Å². The summed E-state index contributed by atoms with van der Waals surface area (Å²) in [6.07, 6.45) is 5.26. The van der Waals surface area contributed by atoms with Gasteiger partial charge < -0.3 is 10.6 Å². The van der Waals surface area contributed by atoms with Crippen molar-refractivity contribution < 1.29 is 9.18 Å². The quantitative estimate of drug-likeness (QED) is 0.645. The van der Waals surface area contributed by atoms with Crippen LogP contribution in [0.2, 0.25) is 0 Å². The second-order valence-electron chi connectivity index (χ2n) is 9.72. The van der Waals surface area contributed by atoms with E-state index in [2.05, 4.69) is 15.6 Å². The minimum Gasteiger partial charge on any atom is -0.352 e. The molecule has 1 saturated carbocycles. The molecule has 1 saturated heterocycles. The number of amides is 1. The van der Waals surface area contributed by atoms with E-state index >= 15 is 0 Å². The van der Waals surface area contributed by atoms with Gasteiger partial charge in [-0.15, -0.1) is 0 Å². The summed E-state index contributed by atoms with van der Waals surface area (Å²) in [5, 5.41) is 6.33. The molecule has 0 aromatic carbocycles. The lowest BCUT2D eigenvalue weighted by Gasteiger charge is -2.32. The van der Waals surface area contributed by atoms with Gasteiger partial charge in [-0.05, 0) is 69.1 Å². The van der Waals surface area contributed by atoms with E-state index in [0.29, 0.717) is 25.7 Å². The maximum atomic E-state index is 14.0. The monoisotopic (exact) mass is 491 g/mol. The van der Waals surface area contributed by atoms with Crippen LogP contribution < -0.4 is 21.9 Å². The molecular weight excluding hydrogens is 457 g/mol. The van der Waals surface area contributed by atoms with Crippen LogP contribution in [0.15, 0.2) is 21.9 Å². The lowest BCUT2D eigenvalue weighted by atomic mass is 9.90. The maximum Gasteiger partial charge on any atom is 0.333 e. The Morgan fingerprint density at radius 2 is 1.74 bits per heavy atom. The highest BCUT2D eigenvalue weighted by Gasteiger charge is 2.30. The normalized spacial score (nSPS) is 22.7. The average Bonchev–Trinajstić information content (AvgIpc) is 2.81. The molecule has 8 nitrogen and oxygen atoms in total. The number of nitrogens with zero attached hydrogens (tertiary/aromatic N) is 3. The van der Waals surface area contributed by atoms with Crippen molar-refractivity contribution in [3.63, 3.8) is 0 Å². The summed E-state index contributed by atoms with van der Waals surface area (Å²) in [7, 11) is 1.78. The van der Waals surface area contributed by atoms with Crippen molar-refractivity contribution in [1.82, 2.24) is 24.8 Å². The minimum absolute atomic E-state index is 0.00575. The van der Waals surface area contributed by atoms with E-state index in [-0.39, 0.29) is 52.7 Å². The number of carbonyl (C=O) groups is 1. The van der Waals surface area contributed by atoms with Crippen LogP contribution in [0.4, 0.5) is 4.39 Å². The number of fused-ring (bicyclic) bond motifs is 1. The fourth-order valence-electron chi connectivity index (χ4n) is 5.34. The number of hydrogen-bond donors (Lipinski definition) is 2. The number of likely N-dealkylation sites (N-methyl/N-ethyl adjacent to an activating group) is 1. The van der Waals surface area contributed by atoms with Crippen molar-refractivity contribution in [3.8, 4) is 0 Å². The summed E-state index contributed by atoms with van der Waals surface area (Å²) in [5.41, 5.74) is -0.552. The largest absolute Gasteiger partial charge is 0.352 e. The second-order valence-corrected chi connectivity index (χ2v) is 10.9. The van der Waals surface area contributed by atoms with E-state index in [1.54, 1.807) is 11.6 Å². The van der Waals surface area contributed by atoms with Crippen molar-refractivity contribution >= 4 is 28.7 Å². The summed E-state index contributed by atoms with van der Waals surface area (Å²) in [4.78, 5) is 43.8. The number of carbonyl (C=O) groups excluding carboxylic acids is 1. The first-order chi connectivity index (χ1) is 16.3. The molecule has 0 spiro atoms. The number of halogens is 1. The molecule has 2 N–H and O–H groups in total. The smallest absolute Gasteiger partial charge is 0.333 e. The zero-order valence-corrected chi connectivity index (χ0v) is 20.9. The summed E-state index contributed by atoms with van der Waals surface area (Å²) in [6.45, 7) is 4.00. The molecule has 3 heterocycles. The van der Waals surface area contributed by atoms with Crippen LogP contribution in [0, 0.1) is 11.7 Å². The highest BCUT2D eigenvalue weighted by atomic mass is 32.2. The summed E-state index contributed by atoms with van der Waals surface area (Å²) < 4.78 is 17.0. The topological polar surface area (TPSA) is 98.0 Å². The Kier molecular flexibility index (Phi) is 7.77. The van der Waals surface area contributed by atoms with Crippen LogP contribution in [0.1, 0.15) is 64.5 Å². The SMILES string of the molecule is CN[C@H](C(=O)NC1CCC(n2c(=O)c3cc(F)cnc3n(C3CCSCC3)c2=O)CC1)C(C)C. The summed E-state index contributed by atoms with van der Waals surface area (Å²) >= 11 is 1.85. The fraction of sp³-hybridized carbons (Fsp3) is 0.667. The second kappa shape index (κ2) is 10.6. The first-order valence-electron chi connectivity index (χ1n) is 12.2. The molecule has 0 unspecified atom stereocenters. The van der Waals surface area contributed by atoms with Gasteiger partial charge >= 0.3 is 5.69 Å². The Balaban J connectivity index is 1.62. The van der Waals surface area contributed by atoms with Gasteiger partial charge in [0.05, 0.1) is 17.6 Å². The van der Waals surface area contributed by atoms with Crippen LogP contribution in [-0.2, 0) is 4.79 Å². The van der Waals surface area contributed by atoms with Gasteiger partial charge in [-0.2, -0.15) is 11.8 Å². The Labute approximate surface area is 202 Å². The Morgan fingerprint density at radius 1 is 1.09 bits per heavy atom. The zero-order valence-electron chi connectivity index (χ0n) is 20.1. The van der Waals surface area contributed by atoms with E-state index in [4.69, 9.17) is 0 Å². The third kappa shape index (κ3) is 4.93. The van der Waals surface area contributed by atoms with Crippen LogP contribution in [0.5, 0.6) is 0 Å². The van der Waals surface area contributed by atoms with Crippen molar-refractivity contribution in [2.75, 3.05) is 18.6 Å². The third-order valence-electron chi connectivity index (χ3n) is 7.15. The van der Waals surface area contributed by atoms with Crippen LogP contribution in [-0.4, -0.2) is 50.7 Å². The first kappa shape index (κ1) is 24.9. The molecule has 2 aromatic heterocycles. The summed E-state index contributed by atoms with van der Waals surface area (Å²) in [5.74, 6) is 1.43. The van der Waals surface area contributed by atoms with Crippen LogP contribution >= 0.6 is 11.8 Å². The first-order valence-corrected chi connectivity index (χ1v) is 13.3. The molecule has 4 rings (SSSR count). The fourth-order valence-corrected chi connectivity index (χ4v) is 6.42. The van der Waals surface area contributed by atoms with Gasteiger partial charge in [0.15, 0.2) is 0 Å². The predicted octanol–water partition coefficient (Wildman–Crippen LogP) is 2.61. The number of pyridine rings is 1. The Hall–Kier alpha value is -2.20. The third-order valence-corrected chi connectivity index (χ3v) is 8.20. The lowest BCUT2D eigenvalue weighted by Crippen LogP contribution is -2.51. The molecule has 34 heavy (non-hydrogen) atoms. The highest BCUT2D eigenvalue weighted by molar-refractivity contribution is 7.99. The molecule has 1 aliphatic heterocycles. The molecule has 186 valence electrons. The number of hydrogen-bond acceptors (Lipinski definition) is 6. The van der Waals surface area contributed by atoms with Gasteiger partial charge in [0.25, 0.3) is 5.56 Å². The zero-order chi connectivity index (χ0) is 24.4. The number of nitrogens with one attached hydrogen (secondary N) is 2. The molecule has 1 amide bonds. The van der Waals surface area contributed by atoms with Crippen molar-refractivity contribution in [2.24, 2.45) is 5.92 Å². The van der Waals surface area contributed by atoms with Gasteiger partial charge in [-0.25, -0.2) is 14.2 Å². The lowest BCUT2D eigenvalue weighted by molar-refractivity contribution is -0.125. The molecule has 10 heteroatoms. The minimum atomic E-state index is -0.587. The molecular formula is C24H34FN5O3S. The van der Waals surface area contributed by atoms with Crippen LogP contribution in [0.25, 0.3) is 11.0 Å². The van der Waals surface area contributed by atoms with Crippen LogP contribution in [0.3, 0.4) is 0 Å². The van der Waals surface area contributed by atoms with Gasteiger partial charge in [-0.3, -0.25) is 18.7 Å². The molecule has 1 aliphatic carbocycles. The Bertz CT molecular complexity index is 1150.